The van der Waals surface area contributed by atoms with Gasteiger partial charge in [-0.25, -0.2) is 0 Å². The van der Waals surface area contributed by atoms with Crippen molar-refractivity contribution in [1.82, 2.24) is 9.97 Å². The molecule has 0 aliphatic heterocycles. The van der Waals surface area contributed by atoms with Crippen molar-refractivity contribution in [3.63, 3.8) is 0 Å². The van der Waals surface area contributed by atoms with Gasteiger partial charge in [-0.05, 0) is 16.3 Å². The molecule has 3 N–H and O–H groups in total. The molecule has 0 unspecified atom stereocenters. The molecule has 5 nitrogen and oxygen atoms in total. The maximum Gasteiger partial charge on any atom is 0.261 e. The molecule has 0 atom stereocenters. The van der Waals surface area contributed by atoms with Gasteiger partial charge in [-0.3, -0.25) is 0 Å². The minimum atomic E-state index is -0.702. The topological polar surface area (TPSA) is 86.5 Å². The standard InChI is InChI=1S/C15H12N2O3/c18-13-14(19)16-12(17-15(13)20)8-10-6-3-5-9-4-1-2-7-11(9)10/h1-7,18H,8H2,(H2,16,17,19,20). The zero-order valence-corrected chi connectivity index (χ0v) is 10.5. The number of benzene rings is 2. The second-order valence-electron chi connectivity index (χ2n) is 4.45. The largest absolute Gasteiger partial charge is 0.499 e. The SMILES string of the molecule is Oc1nc(Cc2cccc3ccccc23)nc(O)c1O. The molecule has 20 heavy (non-hydrogen) atoms. The van der Waals surface area contributed by atoms with Crippen LogP contribution in [0.15, 0.2) is 42.5 Å². The van der Waals surface area contributed by atoms with E-state index in [1.807, 2.05) is 42.5 Å². The van der Waals surface area contributed by atoms with E-state index in [1.54, 1.807) is 0 Å². The molecule has 1 aromatic heterocycles. The number of hydrogen-bond acceptors (Lipinski definition) is 5. The predicted octanol–water partition coefficient (Wildman–Crippen LogP) is 2.34. The first-order chi connectivity index (χ1) is 9.65. The summed E-state index contributed by atoms with van der Waals surface area (Å²) in [5.41, 5.74) is 0.979. The predicted molar refractivity (Wildman–Crippen MR) is 73.8 cm³/mol. The lowest BCUT2D eigenvalue weighted by atomic mass is 10.0. The number of nitrogens with zero attached hydrogens (tertiary/aromatic N) is 2. The fraction of sp³-hybridized carbons (Fsp3) is 0.0667. The Labute approximate surface area is 114 Å². The Morgan fingerprint density at radius 2 is 1.45 bits per heavy atom. The lowest BCUT2D eigenvalue weighted by molar-refractivity contribution is 0.344. The van der Waals surface area contributed by atoms with Crippen LogP contribution >= 0.6 is 0 Å². The molecule has 5 heteroatoms. The number of aromatic hydroxyl groups is 3. The van der Waals surface area contributed by atoms with Crippen LogP contribution in [-0.4, -0.2) is 25.3 Å². The summed E-state index contributed by atoms with van der Waals surface area (Å²) in [5, 5.41) is 30.2. The maximum atomic E-state index is 9.41. The van der Waals surface area contributed by atoms with E-state index in [9.17, 15) is 15.3 Å². The molecule has 0 aliphatic rings. The summed E-state index contributed by atoms with van der Waals surface area (Å²) in [6.45, 7) is 0. The van der Waals surface area contributed by atoms with Crippen LogP contribution in [0.1, 0.15) is 11.4 Å². The van der Waals surface area contributed by atoms with Crippen LogP contribution in [0.5, 0.6) is 17.5 Å². The monoisotopic (exact) mass is 268 g/mol. The Hall–Kier alpha value is -2.82. The van der Waals surface area contributed by atoms with Crippen LogP contribution in [0.2, 0.25) is 0 Å². The lowest BCUT2D eigenvalue weighted by Crippen LogP contribution is -1.97. The maximum absolute atomic E-state index is 9.41. The molecule has 0 bridgehead atoms. The van der Waals surface area contributed by atoms with E-state index < -0.39 is 17.5 Å². The zero-order chi connectivity index (χ0) is 14.1. The van der Waals surface area contributed by atoms with Crippen molar-refractivity contribution in [2.75, 3.05) is 0 Å². The molecule has 0 aliphatic carbocycles. The zero-order valence-electron chi connectivity index (χ0n) is 10.5. The quantitative estimate of drug-likeness (QED) is 0.664. The summed E-state index contributed by atoms with van der Waals surface area (Å²) in [6, 6.07) is 13.8. The third-order valence-electron chi connectivity index (χ3n) is 3.12. The fourth-order valence-corrected chi connectivity index (χ4v) is 2.17. The van der Waals surface area contributed by atoms with Gasteiger partial charge in [0.05, 0.1) is 0 Å². The molecular formula is C15H12N2O3. The molecule has 3 rings (SSSR count). The van der Waals surface area contributed by atoms with Crippen molar-refractivity contribution < 1.29 is 15.3 Å². The van der Waals surface area contributed by atoms with Crippen molar-refractivity contribution in [2.45, 2.75) is 6.42 Å². The Bertz CT molecular complexity index is 759. The van der Waals surface area contributed by atoms with Crippen molar-refractivity contribution in [2.24, 2.45) is 0 Å². The van der Waals surface area contributed by atoms with Gasteiger partial charge in [-0.15, -0.1) is 0 Å². The molecule has 0 fully saturated rings. The van der Waals surface area contributed by atoms with Gasteiger partial charge in [0.25, 0.3) is 11.8 Å². The van der Waals surface area contributed by atoms with Crippen LogP contribution in [-0.2, 0) is 6.42 Å². The summed E-state index contributed by atoms with van der Waals surface area (Å²) in [4.78, 5) is 7.54. The van der Waals surface area contributed by atoms with E-state index >= 15 is 0 Å². The highest BCUT2D eigenvalue weighted by Crippen LogP contribution is 2.31. The van der Waals surface area contributed by atoms with E-state index in [0.717, 1.165) is 16.3 Å². The summed E-state index contributed by atoms with van der Waals surface area (Å²) in [6.07, 6.45) is 0.350. The Morgan fingerprint density at radius 1 is 0.800 bits per heavy atom. The molecule has 2 aromatic carbocycles. The van der Waals surface area contributed by atoms with Gasteiger partial charge in [0.2, 0.25) is 5.75 Å². The first kappa shape index (κ1) is 12.2. The average molecular weight is 268 g/mol. The lowest BCUT2D eigenvalue weighted by Gasteiger charge is -2.07. The second-order valence-corrected chi connectivity index (χ2v) is 4.45. The van der Waals surface area contributed by atoms with Crippen LogP contribution in [0.25, 0.3) is 10.8 Å². The Balaban J connectivity index is 2.06. The van der Waals surface area contributed by atoms with Gasteiger partial charge in [0.15, 0.2) is 0 Å². The van der Waals surface area contributed by atoms with Gasteiger partial charge in [-0.1, -0.05) is 42.5 Å². The fourth-order valence-electron chi connectivity index (χ4n) is 2.17. The van der Waals surface area contributed by atoms with Gasteiger partial charge in [0.1, 0.15) is 5.82 Å². The molecule has 0 spiro atoms. The first-order valence-corrected chi connectivity index (χ1v) is 6.09. The third-order valence-corrected chi connectivity index (χ3v) is 3.12. The summed E-state index contributed by atoms with van der Waals surface area (Å²) < 4.78 is 0. The molecule has 0 saturated carbocycles. The normalized spacial score (nSPS) is 10.8. The van der Waals surface area contributed by atoms with E-state index in [4.69, 9.17) is 0 Å². The summed E-state index contributed by atoms with van der Waals surface area (Å²) in [5.74, 6) is -1.69. The van der Waals surface area contributed by atoms with Crippen LogP contribution in [0.3, 0.4) is 0 Å². The van der Waals surface area contributed by atoms with Gasteiger partial charge in [-0.2, -0.15) is 9.97 Å². The van der Waals surface area contributed by atoms with Crippen molar-refractivity contribution in [1.29, 1.82) is 0 Å². The molecule has 0 radical (unpaired) electrons. The number of rotatable bonds is 2. The van der Waals surface area contributed by atoms with Crippen molar-refractivity contribution >= 4 is 10.8 Å². The van der Waals surface area contributed by atoms with Crippen LogP contribution < -0.4 is 0 Å². The Kier molecular flexibility index (Phi) is 2.87. The highest BCUT2D eigenvalue weighted by Gasteiger charge is 2.12. The van der Waals surface area contributed by atoms with Gasteiger partial charge >= 0.3 is 0 Å². The van der Waals surface area contributed by atoms with E-state index in [-0.39, 0.29) is 5.82 Å². The van der Waals surface area contributed by atoms with Crippen molar-refractivity contribution in [3.8, 4) is 17.5 Å². The summed E-state index contributed by atoms with van der Waals surface area (Å²) in [7, 11) is 0. The van der Waals surface area contributed by atoms with Gasteiger partial charge < -0.3 is 15.3 Å². The second kappa shape index (κ2) is 4.70. The molecule has 3 aromatic rings. The van der Waals surface area contributed by atoms with Crippen LogP contribution in [0.4, 0.5) is 0 Å². The number of aromatic nitrogens is 2. The van der Waals surface area contributed by atoms with Crippen molar-refractivity contribution in [3.05, 3.63) is 53.9 Å². The molecule has 100 valence electrons. The molecule has 0 amide bonds. The molecule has 0 saturated heterocycles. The van der Waals surface area contributed by atoms with E-state index in [1.165, 1.54) is 0 Å². The van der Waals surface area contributed by atoms with Crippen LogP contribution in [0, 0.1) is 0 Å². The van der Waals surface area contributed by atoms with Gasteiger partial charge in [0, 0.05) is 6.42 Å². The minimum absolute atomic E-state index is 0.245. The molecular weight excluding hydrogens is 256 g/mol. The highest BCUT2D eigenvalue weighted by molar-refractivity contribution is 5.85. The highest BCUT2D eigenvalue weighted by atomic mass is 16.3. The first-order valence-electron chi connectivity index (χ1n) is 6.09. The van der Waals surface area contributed by atoms with E-state index in [0.29, 0.717) is 6.42 Å². The number of hydrogen-bond donors (Lipinski definition) is 3. The molecule has 1 heterocycles. The smallest absolute Gasteiger partial charge is 0.261 e. The minimum Gasteiger partial charge on any atom is -0.499 e. The van der Waals surface area contributed by atoms with E-state index in [2.05, 4.69) is 9.97 Å². The number of fused-ring (bicyclic) bond motifs is 1. The summed E-state index contributed by atoms with van der Waals surface area (Å²) >= 11 is 0. The third kappa shape index (κ3) is 2.09. The average Bonchev–Trinajstić information content (AvgIpc) is 2.45. The Morgan fingerprint density at radius 3 is 2.20 bits per heavy atom.